The van der Waals surface area contributed by atoms with Gasteiger partial charge in [-0.25, -0.2) is 9.37 Å². The van der Waals surface area contributed by atoms with Crippen LogP contribution in [0.2, 0.25) is 0 Å². The van der Waals surface area contributed by atoms with Crippen LogP contribution in [0.4, 0.5) is 23.4 Å². The number of nitrogens with zero attached hydrogens (tertiary/aromatic N) is 2. The van der Waals surface area contributed by atoms with E-state index in [1.807, 2.05) is 0 Å². The lowest BCUT2D eigenvalue weighted by Gasteiger charge is -2.23. The highest BCUT2D eigenvalue weighted by Gasteiger charge is 2.34. The minimum absolute atomic E-state index is 0.0934. The summed E-state index contributed by atoms with van der Waals surface area (Å²) in [6.07, 6.45) is -2.00. The summed E-state index contributed by atoms with van der Waals surface area (Å²) < 4.78 is 70.1. The van der Waals surface area contributed by atoms with Crippen molar-refractivity contribution in [3.05, 3.63) is 60.2 Å². The summed E-state index contributed by atoms with van der Waals surface area (Å²) in [5.41, 5.74) is 4.83. The molecule has 3 N–H and O–H groups in total. The van der Waals surface area contributed by atoms with E-state index in [1.165, 1.54) is 30.6 Å². The van der Waals surface area contributed by atoms with Gasteiger partial charge in [0.1, 0.15) is 11.6 Å². The molecule has 3 aromatic rings. The Bertz CT molecular complexity index is 1080. The Morgan fingerprint density at radius 2 is 1.65 bits per heavy atom. The van der Waals surface area contributed by atoms with E-state index >= 15 is 0 Å². The number of alkyl halides is 3. The summed E-state index contributed by atoms with van der Waals surface area (Å²) in [5, 5.41) is 0. The van der Waals surface area contributed by atoms with Gasteiger partial charge in [0.25, 0.3) is 0 Å². The van der Waals surface area contributed by atoms with Gasteiger partial charge in [-0.1, -0.05) is 6.07 Å². The van der Waals surface area contributed by atoms with Crippen LogP contribution >= 0.6 is 0 Å². The van der Waals surface area contributed by atoms with Crippen LogP contribution in [0.1, 0.15) is 26.3 Å². The number of rotatable bonds is 4. The van der Waals surface area contributed by atoms with Crippen LogP contribution in [-0.2, 0) is 17.5 Å². The lowest BCUT2D eigenvalue weighted by Crippen LogP contribution is -2.40. The summed E-state index contributed by atoms with van der Waals surface area (Å²) >= 11 is -1.97. The number of nitrogens with one attached hydrogen (secondary N) is 1. The highest BCUT2D eigenvalue weighted by molar-refractivity contribution is 7.89. The largest absolute Gasteiger partial charge is 0.593 e. The Morgan fingerprint density at radius 3 is 2.19 bits per heavy atom. The van der Waals surface area contributed by atoms with Gasteiger partial charge >= 0.3 is 6.18 Å². The summed E-state index contributed by atoms with van der Waals surface area (Å²) in [7, 11) is 0. The van der Waals surface area contributed by atoms with E-state index < -0.39 is 34.5 Å². The van der Waals surface area contributed by atoms with Gasteiger partial charge in [0.05, 0.1) is 40.6 Å². The average molecular weight is 452 g/mol. The first-order valence-corrected chi connectivity index (χ1v) is 10.3. The maximum Gasteiger partial charge on any atom is 0.416 e. The normalized spacial score (nSPS) is 13.3. The molecule has 0 aliphatic heterocycles. The molecule has 1 aromatic heterocycles. The number of anilines is 1. The van der Waals surface area contributed by atoms with Crippen LogP contribution in [0.15, 0.2) is 53.7 Å². The number of aromatic nitrogens is 2. The van der Waals surface area contributed by atoms with E-state index in [2.05, 4.69) is 14.7 Å². The molecular weight excluding hydrogens is 432 g/mol. The molecule has 1 unspecified atom stereocenters. The predicted octanol–water partition coefficient (Wildman–Crippen LogP) is 4.96. The third-order valence-electron chi connectivity index (χ3n) is 4.14. The molecule has 0 spiro atoms. The number of benzene rings is 2. The Hall–Kier alpha value is -2.69. The van der Waals surface area contributed by atoms with E-state index in [1.54, 1.807) is 20.8 Å². The lowest BCUT2D eigenvalue weighted by atomic mass is 10.0. The van der Waals surface area contributed by atoms with Gasteiger partial charge in [-0.2, -0.15) is 13.2 Å². The van der Waals surface area contributed by atoms with Gasteiger partial charge in [0, 0.05) is 17.2 Å². The first-order valence-electron chi connectivity index (χ1n) is 9.14. The van der Waals surface area contributed by atoms with E-state index in [4.69, 9.17) is 5.73 Å². The second kappa shape index (κ2) is 8.45. The fourth-order valence-electron chi connectivity index (χ4n) is 2.79. The maximum absolute atomic E-state index is 14.8. The molecule has 0 saturated carbocycles. The van der Waals surface area contributed by atoms with Crippen molar-refractivity contribution in [2.45, 2.75) is 37.4 Å². The van der Waals surface area contributed by atoms with Crippen LogP contribution in [0.25, 0.3) is 22.4 Å². The van der Waals surface area contributed by atoms with Crippen LogP contribution in [0.5, 0.6) is 0 Å². The average Bonchev–Trinajstić information content (AvgIpc) is 2.66. The third kappa shape index (κ3) is 5.52. The molecule has 0 saturated heterocycles. The molecule has 3 rings (SSSR count). The van der Waals surface area contributed by atoms with E-state index in [-0.39, 0.29) is 33.1 Å². The molecule has 0 amide bonds. The Morgan fingerprint density at radius 1 is 0.968 bits per heavy atom. The van der Waals surface area contributed by atoms with Gasteiger partial charge in [-0.05, 0) is 50.6 Å². The van der Waals surface area contributed by atoms with Gasteiger partial charge < -0.3 is 10.3 Å². The zero-order valence-electron chi connectivity index (χ0n) is 16.9. The zero-order chi connectivity index (χ0) is 23.0. The lowest BCUT2D eigenvalue weighted by molar-refractivity contribution is -0.137. The van der Waals surface area contributed by atoms with Crippen LogP contribution < -0.4 is 10.5 Å². The molecule has 164 valence electrons. The number of nitrogens with two attached hydrogens (primary N) is 1. The molecular formula is C21H20F4N4OS. The minimum Gasteiger partial charge on any atom is -0.593 e. The summed E-state index contributed by atoms with van der Waals surface area (Å²) in [6, 6.07) is 7.01. The van der Waals surface area contributed by atoms with Crippen molar-refractivity contribution in [1.82, 2.24) is 14.7 Å². The Labute approximate surface area is 180 Å². The highest BCUT2D eigenvalue weighted by Crippen LogP contribution is 2.36. The van der Waals surface area contributed by atoms with Crippen molar-refractivity contribution in [3.8, 4) is 22.4 Å². The summed E-state index contributed by atoms with van der Waals surface area (Å²) in [6.45, 7) is 5.21. The molecule has 5 nitrogen and oxygen atoms in total. The van der Waals surface area contributed by atoms with E-state index in [9.17, 15) is 22.1 Å². The zero-order valence-corrected chi connectivity index (χ0v) is 17.7. The van der Waals surface area contributed by atoms with Gasteiger partial charge in [-0.15, -0.1) is 4.72 Å². The topological polar surface area (TPSA) is 86.9 Å². The standard InChI is InChI=1S/C21H20F4N4OS/c1-20(2,3)29-31(30)18-9-13(21(23,24)25)5-7-14(18)12-4-6-15(16(22)8-12)17-10-28-19(26)11-27-17/h4-11,29H,1-3H3,(H2,26,28). The fraction of sp³-hybridized carbons (Fsp3) is 0.238. The van der Waals surface area contributed by atoms with Crippen molar-refractivity contribution in [2.75, 3.05) is 5.73 Å². The second-order valence-electron chi connectivity index (χ2n) is 7.85. The first kappa shape index (κ1) is 23.0. The van der Waals surface area contributed by atoms with Crippen LogP contribution in [-0.4, -0.2) is 20.1 Å². The van der Waals surface area contributed by atoms with Crippen molar-refractivity contribution in [1.29, 1.82) is 0 Å². The highest BCUT2D eigenvalue weighted by atomic mass is 32.2. The van der Waals surface area contributed by atoms with Crippen molar-refractivity contribution in [2.24, 2.45) is 0 Å². The molecule has 1 atom stereocenters. The molecule has 0 aliphatic rings. The first-order chi connectivity index (χ1) is 14.3. The molecule has 0 fully saturated rings. The fourth-order valence-corrected chi connectivity index (χ4v) is 4.08. The molecule has 0 radical (unpaired) electrons. The minimum atomic E-state index is -4.61. The van der Waals surface area contributed by atoms with Crippen LogP contribution in [0.3, 0.4) is 0 Å². The summed E-state index contributed by atoms with van der Waals surface area (Å²) in [5.74, 6) is -0.471. The number of nitrogen functional groups attached to an aromatic ring is 1. The Kier molecular flexibility index (Phi) is 6.26. The van der Waals surface area contributed by atoms with E-state index in [0.717, 1.165) is 18.2 Å². The van der Waals surface area contributed by atoms with Crippen LogP contribution in [0, 0.1) is 5.82 Å². The number of halogens is 4. The van der Waals surface area contributed by atoms with Gasteiger partial charge in [-0.3, -0.25) is 4.98 Å². The quantitative estimate of drug-likeness (QED) is 0.432. The molecule has 1 heterocycles. The number of hydrogen-bond donors (Lipinski definition) is 2. The van der Waals surface area contributed by atoms with Crippen molar-refractivity contribution < 1.29 is 22.1 Å². The molecule has 2 aromatic carbocycles. The maximum atomic E-state index is 14.8. The van der Waals surface area contributed by atoms with Crippen molar-refractivity contribution >= 4 is 17.2 Å². The predicted molar refractivity (Wildman–Crippen MR) is 112 cm³/mol. The SMILES string of the molecule is CC(C)(C)N[S+]([O-])c1cc(C(F)(F)F)ccc1-c1ccc(-c2cnc(N)cn2)c(F)c1. The monoisotopic (exact) mass is 452 g/mol. The van der Waals surface area contributed by atoms with Gasteiger partial charge in [0.2, 0.25) is 0 Å². The molecule has 31 heavy (non-hydrogen) atoms. The van der Waals surface area contributed by atoms with Gasteiger partial charge in [0.15, 0.2) is 4.90 Å². The smallest absolute Gasteiger partial charge is 0.416 e. The number of hydrogen-bond acceptors (Lipinski definition) is 5. The second-order valence-corrected chi connectivity index (χ2v) is 9.03. The molecule has 0 bridgehead atoms. The molecule has 10 heteroatoms. The third-order valence-corrected chi connectivity index (χ3v) is 5.67. The summed E-state index contributed by atoms with van der Waals surface area (Å²) in [4.78, 5) is 7.81. The molecule has 0 aliphatic carbocycles. The Balaban J connectivity index is 2.08. The van der Waals surface area contributed by atoms with E-state index in [0.29, 0.717) is 0 Å². The van der Waals surface area contributed by atoms with Crippen molar-refractivity contribution in [3.63, 3.8) is 0 Å².